The average Bonchev–Trinajstić information content (AvgIpc) is 3.30. The molecule has 0 radical (unpaired) electrons. The highest BCUT2D eigenvalue weighted by atomic mass is 16.6. The number of aliphatic hydroxyl groups is 2. The van der Waals surface area contributed by atoms with Crippen LogP contribution in [0.5, 0.6) is 0 Å². The Morgan fingerprint density at radius 2 is 2.03 bits per heavy atom. The number of rotatable bonds is 3. The zero-order valence-electron chi connectivity index (χ0n) is 18.9. The maximum atomic E-state index is 10.1. The molecule has 1 heterocycles. The second-order valence-corrected chi connectivity index (χ2v) is 10.7. The van der Waals surface area contributed by atoms with Crippen LogP contribution in [0, 0.1) is 35.0 Å². The van der Waals surface area contributed by atoms with Crippen LogP contribution < -0.4 is 0 Å². The van der Waals surface area contributed by atoms with Crippen molar-refractivity contribution in [2.45, 2.75) is 89.9 Å². The topological polar surface area (TPSA) is 53.0 Å². The van der Waals surface area contributed by atoms with Crippen LogP contribution in [0.3, 0.4) is 0 Å². The lowest BCUT2D eigenvalue weighted by atomic mass is 9.61. The lowest BCUT2D eigenvalue weighted by Crippen LogP contribution is -2.35. The Bertz CT molecular complexity index is 806. The molecule has 3 aliphatic carbocycles. The second kappa shape index (κ2) is 8.30. The molecule has 3 heteroatoms. The highest BCUT2D eigenvalue weighted by Gasteiger charge is 2.50. The van der Waals surface area contributed by atoms with Crippen molar-refractivity contribution in [2.24, 2.45) is 23.2 Å². The Hall–Kier alpha value is -1.34. The molecule has 4 fully saturated rings. The van der Waals surface area contributed by atoms with Gasteiger partial charge in [0.15, 0.2) is 0 Å². The Morgan fingerprint density at radius 3 is 2.77 bits per heavy atom. The van der Waals surface area contributed by atoms with Crippen molar-refractivity contribution in [3.05, 3.63) is 35.5 Å². The first-order chi connectivity index (χ1) is 14.2. The molecule has 0 bridgehead atoms. The highest BCUT2D eigenvalue weighted by molar-refractivity contribution is 5.38. The predicted molar refractivity (Wildman–Crippen MR) is 121 cm³/mol. The standard InChI is InChI=1S/C27H38O3/c1-18(7-5-13-26(3)17-30-26)23-11-12-24-20(8-6-14-27(23,24)4)9-10-21-15-22(28)16-25(29)19(21)2/h9-10,18,22-25,28-29H,2,6-8,11-12,14-17H2,1,3-4H3/b20-9+,21-10-/t18-,22-,23-,24+,25+,26?,27-/m1/s1. The quantitative estimate of drug-likeness (QED) is 0.511. The van der Waals surface area contributed by atoms with Crippen molar-refractivity contribution in [3.8, 4) is 11.8 Å². The van der Waals surface area contributed by atoms with E-state index in [-0.39, 0.29) is 5.60 Å². The van der Waals surface area contributed by atoms with Gasteiger partial charge in [0.25, 0.3) is 0 Å². The van der Waals surface area contributed by atoms with Crippen LogP contribution in [-0.2, 0) is 4.74 Å². The van der Waals surface area contributed by atoms with E-state index in [1.165, 1.54) is 25.7 Å². The summed E-state index contributed by atoms with van der Waals surface area (Å²) in [5, 5.41) is 20.2. The van der Waals surface area contributed by atoms with Crippen LogP contribution in [0.15, 0.2) is 35.5 Å². The maximum absolute atomic E-state index is 10.1. The maximum Gasteiger partial charge on any atom is 0.149 e. The fourth-order valence-corrected chi connectivity index (χ4v) is 6.40. The lowest BCUT2D eigenvalue weighted by molar-refractivity contribution is 0.0862. The molecule has 0 aromatic heterocycles. The molecule has 1 aliphatic heterocycles. The van der Waals surface area contributed by atoms with Crippen LogP contribution in [0.2, 0.25) is 0 Å². The number of epoxide rings is 1. The van der Waals surface area contributed by atoms with Gasteiger partial charge in [0.05, 0.1) is 18.8 Å². The minimum atomic E-state index is -0.615. The van der Waals surface area contributed by atoms with Crippen molar-refractivity contribution in [1.29, 1.82) is 0 Å². The van der Waals surface area contributed by atoms with E-state index in [4.69, 9.17) is 4.74 Å². The van der Waals surface area contributed by atoms with E-state index in [9.17, 15) is 10.2 Å². The Kier molecular flexibility index (Phi) is 6.05. The van der Waals surface area contributed by atoms with Gasteiger partial charge in [-0.15, -0.1) is 0 Å². The van der Waals surface area contributed by atoms with E-state index < -0.39 is 12.2 Å². The SMILES string of the molecule is C=C1/C(=C\C=C2/CCC[C@]3(C)[C@@H]([C@H](C)CC#CC4(C)CO4)CC[C@@H]23)C[C@@H](O)C[C@@H]1O. The molecule has 3 saturated carbocycles. The third-order valence-corrected chi connectivity index (χ3v) is 8.34. The van der Waals surface area contributed by atoms with Gasteiger partial charge >= 0.3 is 0 Å². The minimum Gasteiger partial charge on any atom is -0.393 e. The average molecular weight is 411 g/mol. The van der Waals surface area contributed by atoms with Gasteiger partial charge in [-0.2, -0.15) is 0 Å². The van der Waals surface area contributed by atoms with Gasteiger partial charge in [0, 0.05) is 12.8 Å². The van der Waals surface area contributed by atoms with Crippen molar-refractivity contribution in [3.63, 3.8) is 0 Å². The van der Waals surface area contributed by atoms with Gasteiger partial charge in [-0.25, -0.2) is 0 Å². The molecule has 4 rings (SSSR count). The van der Waals surface area contributed by atoms with Gasteiger partial charge < -0.3 is 14.9 Å². The molecule has 0 aromatic carbocycles. The van der Waals surface area contributed by atoms with Crippen molar-refractivity contribution in [2.75, 3.05) is 6.61 Å². The summed E-state index contributed by atoms with van der Waals surface area (Å²) in [6.45, 7) is 11.8. The first kappa shape index (κ1) is 21.9. The van der Waals surface area contributed by atoms with E-state index in [0.717, 1.165) is 36.5 Å². The number of hydrogen-bond acceptors (Lipinski definition) is 3. The van der Waals surface area contributed by atoms with Crippen LogP contribution in [0.1, 0.15) is 72.1 Å². The largest absolute Gasteiger partial charge is 0.393 e. The summed E-state index contributed by atoms with van der Waals surface area (Å²) in [7, 11) is 0. The normalized spacial score (nSPS) is 44.5. The predicted octanol–water partition coefficient (Wildman–Crippen LogP) is 4.95. The summed E-state index contributed by atoms with van der Waals surface area (Å²) in [5.41, 5.74) is 3.53. The molecular weight excluding hydrogens is 372 g/mol. The van der Waals surface area contributed by atoms with Crippen LogP contribution in [0.4, 0.5) is 0 Å². The summed E-state index contributed by atoms with van der Waals surface area (Å²) in [6, 6.07) is 0. The van der Waals surface area contributed by atoms with Gasteiger partial charge in [-0.1, -0.05) is 50.0 Å². The molecule has 3 nitrogen and oxygen atoms in total. The third kappa shape index (κ3) is 4.33. The summed E-state index contributed by atoms with van der Waals surface area (Å²) in [4.78, 5) is 0. The summed E-state index contributed by atoms with van der Waals surface area (Å²) >= 11 is 0. The highest BCUT2D eigenvalue weighted by Crippen LogP contribution is 2.59. The lowest BCUT2D eigenvalue weighted by Gasteiger charge is -2.44. The van der Waals surface area contributed by atoms with Gasteiger partial charge in [0.1, 0.15) is 5.60 Å². The molecule has 0 spiro atoms. The van der Waals surface area contributed by atoms with Crippen molar-refractivity contribution in [1.82, 2.24) is 0 Å². The minimum absolute atomic E-state index is 0.166. The molecule has 1 unspecified atom stereocenters. The summed E-state index contributed by atoms with van der Waals surface area (Å²) in [5.74, 6) is 8.68. The first-order valence-corrected chi connectivity index (χ1v) is 11.8. The zero-order chi connectivity index (χ0) is 21.5. The molecular formula is C27H38O3. The van der Waals surface area contributed by atoms with Crippen LogP contribution >= 0.6 is 0 Å². The number of hydrogen-bond donors (Lipinski definition) is 2. The summed E-state index contributed by atoms with van der Waals surface area (Å²) in [6.07, 6.45) is 11.6. The Balaban J connectivity index is 1.48. The Morgan fingerprint density at radius 1 is 1.27 bits per heavy atom. The molecule has 7 atom stereocenters. The molecule has 30 heavy (non-hydrogen) atoms. The second-order valence-electron chi connectivity index (χ2n) is 10.7. The Labute approximate surface area is 182 Å². The number of aliphatic hydroxyl groups excluding tert-OH is 2. The van der Waals surface area contributed by atoms with Crippen molar-refractivity contribution >= 4 is 0 Å². The molecule has 4 aliphatic rings. The number of allylic oxidation sites excluding steroid dienone is 3. The number of fused-ring (bicyclic) bond motifs is 1. The molecule has 0 amide bonds. The summed E-state index contributed by atoms with van der Waals surface area (Å²) < 4.78 is 5.40. The fourth-order valence-electron chi connectivity index (χ4n) is 6.40. The fraction of sp³-hybridized carbons (Fsp3) is 0.704. The monoisotopic (exact) mass is 410 g/mol. The van der Waals surface area contributed by atoms with E-state index in [2.05, 4.69) is 51.3 Å². The van der Waals surface area contributed by atoms with E-state index in [1.54, 1.807) is 5.57 Å². The number of ether oxygens (including phenoxy) is 1. The van der Waals surface area contributed by atoms with E-state index >= 15 is 0 Å². The van der Waals surface area contributed by atoms with Crippen LogP contribution in [-0.4, -0.2) is 34.6 Å². The van der Waals surface area contributed by atoms with Gasteiger partial charge in [0.2, 0.25) is 0 Å². The molecule has 164 valence electrons. The smallest absolute Gasteiger partial charge is 0.149 e. The zero-order valence-corrected chi connectivity index (χ0v) is 18.9. The van der Waals surface area contributed by atoms with Crippen molar-refractivity contribution < 1.29 is 14.9 Å². The molecule has 1 saturated heterocycles. The molecule has 0 aromatic rings. The third-order valence-electron chi connectivity index (χ3n) is 8.34. The first-order valence-electron chi connectivity index (χ1n) is 11.8. The van der Waals surface area contributed by atoms with E-state index in [0.29, 0.717) is 30.1 Å². The van der Waals surface area contributed by atoms with E-state index in [1.807, 2.05) is 0 Å². The van der Waals surface area contributed by atoms with Gasteiger partial charge in [-0.05, 0) is 79.8 Å². The van der Waals surface area contributed by atoms with Gasteiger partial charge in [-0.3, -0.25) is 0 Å². The molecule has 2 N–H and O–H groups in total. The van der Waals surface area contributed by atoms with Crippen LogP contribution in [0.25, 0.3) is 0 Å².